The second-order valence-corrected chi connectivity index (χ2v) is 7.72. The molecule has 4 rings (SSSR count). The molecule has 0 aliphatic carbocycles. The number of rotatable bonds is 8. The minimum atomic E-state index is -0.195. The molecule has 1 saturated heterocycles. The van der Waals surface area contributed by atoms with E-state index in [9.17, 15) is 4.79 Å². The zero-order valence-electron chi connectivity index (χ0n) is 18.9. The third kappa shape index (κ3) is 5.52. The quantitative estimate of drug-likeness (QED) is 0.553. The van der Waals surface area contributed by atoms with Gasteiger partial charge in [0.2, 0.25) is 0 Å². The fourth-order valence-electron chi connectivity index (χ4n) is 3.80. The molecule has 8 nitrogen and oxygen atoms in total. The minimum absolute atomic E-state index is 0.195. The highest BCUT2D eigenvalue weighted by Gasteiger charge is 2.18. The molecule has 172 valence electrons. The number of anilines is 1. The van der Waals surface area contributed by atoms with Crippen LogP contribution in [0.3, 0.4) is 0 Å². The van der Waals surface area contributed by atoms with Crippen LogP contribution in [0.4, 0.5) is 5.82 Å². The van der Waals surface area contributed by atoms with Gasteiger partial charge in [-0.05, 0) is 61.7 Å². The number of nitrogens with zero attached hydrogens (tertiary/aromatic N) is 3. The Kier molecular flexibility index (Phi) is 7.24. The Hall–Kier alpha value is -3.81. The van der Waals surface area contributed by atoms with Gasteiger partial charge in [-0.25, -0.2) is 9.97 Å². The number of nitrogens with one attached hydrogen (secondary N) is 1. The molecule has 0 atom stereocenters. The molecule has 8 heteroatoms. The number of hydrogen-bond donors (Lipinski definition) is 1. The zero-order valence-corrected chi connectivity index (χ0v) is 18.9. The van der Waals surface area contributed by atoms with E-state index in [4.69, 9.17) is 14.2 Å². The highest BCUT2D eigenvalue weighted by molar-refractivity contribution is 5.94. The predicted octanol–water partition coefficient (Wildman–Crippen LogP) is 4.21. The van der Waals surface area contributed by atoms with Crippen LogP contribution in [0.2, 0.25) is 0 Å². The number of carbonyl (C=O) groups excluding carboxylic acids is 1. The summed E-state index contributed by atoms with van der Waals surface area (Å²) in [5, 5.41) is 2.92. The number of methoxy groups -OCH3 is 2. The van der Waals surface area contributed by atoms with Crippen LogP contribution in [0.15, 0.2) is 54.9 Å². The molecule has 0 radical (unpaired) electrons. The maximum atomic E-state index is 12.6. The van der Waals surface area contributed by atoms with E-state index in [1.54, 1.807) is 50.9 Å². The molecule has 0 saturated carbocycles. The molecule has 1 aliphatic rings. The van der Waals surface area contributed by atoms with Gasteiger partial charge < -0.3 is 24.4 Å². The molecular weight excluding hydrogens is 420 g/mol. The largest absolute Gasteiger partial charge is 0.497 e. The average molecular weight is 449 g/mol. The van der Waals surface area contributed by atoms with Gasteiger partial charge in [0.1, 0.15) is 17.2 Å². The summed E-state index contributed by atoms with van der Waals surface area (Å²) in [6.07, 6.45) is 6.82. The molecule has 1 fully saturated rings. The van der Waals surface area contributed by atoms with E-state index in [0.29, 0.717) is 35.2 Å². The molecule has 1 N–H and O–H groups in total. The maximum absolute atomic E-state index is 12.6. The minimum Gasteiger partial charge on any atom is -0.497 e. The average Bonchev–Trinajstić information content (AvgIpc) is 2.88. The van der Waals surface area contributed by atoms with Gasteiger partial charge in [-0.3, -0.25) is 4.79 Å². The molecule has 1 aromatic heterocycles. The van der Waals surface area contributed by atoms with Crippen molar-refractivity contribution < 1.29 is 19.0 Å². The summed E-state index contributed by atoms with van der Waals surface area (Å²) in [7, 11) is 3.20. The van der Waals surface area contributed by atoms with E-state index in [0.717, 1.165) is 37.3 Å². The van der Waals surface area contributed by atoms with Crippen LogP contribution >= 0.6 is 0 Å². The third-order valence-electron chi connectivity index (χ3n) is 5.56. The Morgan fingerprint density at radius 2 is 1.67 bits per heavy atom. The lowest BCUT2D eigenvalue weighted by atomic mass is 10.1. The standard InChI is InChI=1S/C25H28N4O4/c1-31-21-10-11-22(32-2)19(16-21)17-28-24(30)18-6-8-20(9-7-18)33-25-23(26-12-13-27-25)29-14-4-3-5-15-29/h6-13,16H,3-5,14-15,17H2,1-2H3,(H,28,30). The van der Waals surface area contributed by atoms with E-state index in [1.165, 1.54) is 6.42 Å². The van der Waals surface area contributed by atoms with Crippen molar-refractivity contribution in [2.45, 2.75) is 25.8 Å². The number of hydrogen-bond acceptors (Lipinski definition) is 7. The van der Waals surface area contributed by atoms with E-state index >= 15 is 0 Å². The molecule has 0 spiro atoms. The summed E-state index contributed by atoms with van der Waals surface area (Å²) in [6, 6.07) is 12.4. The van der Waals surface area contributed by atoms with Gasteiger partial charge in [0.05, 0.1) is 14.2 Å². The number of piperidine rings is 1. The van der Waals surface area contributed by atoms with Crippen LogP contribution < -0.4 is 24.4 Å². The highest BCUT2D eigenvalue weighted by atomic mass is 16.5. The Balaban J connectivity index is 1.40. The van der Waals surface area contributed by atoms with Crippen molar-refractivity contribution >= 4 is 11.7 Å². The Morgan fingerprint density at radius 1 is 0.939 bits per heavy atom. The molecule has 0 bridgehead atoms. The first-order chi connectivity index (χ1) is 16.2. The maximum Gasteiger partial charge on any atom is 0.263 e. The smallest absolute Gasteiger partial charge is 0.263 e. The fraction of sp³-hybridized carbons (Fsp3) is 0.320. The Morgan fingerprint density at radius 3 is 2.39 bits per heavy atom. The summed E-state index contributed by atoms with van der Waals surface area (Å²) in [5.74, 6) is 3.02. The van der Waals surface area contributed by atoms with Crippen molar-refractivity contribution in [1.82, 2.24) is 15.3 Å². The molecule has 33 heavy (non-hydrogen) atoms. The van der Waals surface area contributed by atoms with Crippen molar-refractivity contribution in [1.29, 1.82) is 0 Å². The van der Waals surface area contributed by atoms with E-state index in [1.807, 2.05) is 18.2 Å². The van der Waals surface area contributed by atoms with Gasteiger partial charge >= 0.3 is 0 Å². The molecule has 1 amide bonds. The monoisotopic (exact) mass is 448 g/mol. The molecular formula is C25H28N4O4. The van der Waals surface area contributed by atoms with Crippen LogP contribution in [0, 0.1) is 0 Å². The Labute approximate surface area is 193 Å². The lowest BCUT2D eigenvalue weighted by Gasteiger charge is -2.28. The summed E-state index contributed by atoms with van der Waals surface area (Å²) in [4.78, 5) is 23.7. The summed E-state index contributed by atoms with van der Waals surface area (Å²) in [5.41, 5.74) is 1.36. The van der Waals surface area contributed by atoms with Crippen LogP contribution in [0.25, 0.3) is 0 Å². The van der Waals surface area contributed by atoms with Gasteiger partial charge in [-0.2, -0.15) is 0 Å². The second kappa shape index (κ2) is 10.7. The lowest BCUT2D eigenvalue weighted by Crippen LogP contribution is -2.30. The van der Waals surface area contributed by atoms with Crippen molar-refractivity contribution in [3.8, 4) is 23.1 Å². The van der Waals surface area contributed by atoms with Gasteiger partial charge in [0.15, 0.2) is 5.82 Å². The number of ether oxygens (including phenoxy) is 3. The lowest BCUT2D eigenvalue weighted by molar-refractivity contribution is 0.0950. The Bertz CT molecular complexity index is 1080. The number of aromatic nitrogens is 2. The first-order valence-corrected chi connectivity index (χ1v) is 11.0. The van der Waals surface area contributed by atoms with Crippen LogP contribution in [0.1, 0.15) is 35.2 Å². The molecule has 3 aromatic rings. The molecule has 2 heterocycles. The number of carbonyl (C=O) groups is 1. The van der Waals surface area contributed by atoms with Crippen molar-refractivity contribution in [2.24, 2.45) is 0 Å². The predicted molar refractivity (Wildman–Crippen MR) is 125 cm³/mol. The van der Waals surface area contributed by atoms with E-state index in [2.05, 4.69) is 20.2 Å². The molecule has 2 aromatic carbocycles. The topological polar surface area (TPSA) is 85.8 Å². The van der Waals surface area contributed by atoms with E-state index in [-0.39, 0.29) is 5.91 Å². The second-order valence-electron chi connectivity index (χ2n) is 7.72. The first-order valence-electron chi connectivity index (χ1n) is 11.0. The fourth-order valence-corrected chi connectivity index (χ4v) is 3.80. The molecule has 0 unspecified atom stereocenters. The third-order valence-corrected chi connectivity index (χ3v) is 5.56. The van der Waals surface area contributed by atoms with Crippen LogP contribution in [0.5, 0.6) is 23.1 Å². The van der Waals surface area contributed by atoms with Gasteiger partial charge in [0, 0.05) is 43.2 Å². The normalized spacial score (nSPS) is 13.3. The van der Waals surface area contributed by atoms with Gasteiger partial charge in [-0.1, -0.05) is 0 Å². The highest BCUT2D eigenvalue weighted by Crippen LogP contribution is 2.30. The van der Waals surface area contributed by atoms with Crippen LogP contribution in [-0.2, 0) is 6.54 Å². The number of benzene rings is 2. The van der Waals surface area contributed by atoms with Crippen LogP contribution in [-0.4, -0.2) is 43.2 Å². The van der Waals surface area contributed by atoms with Crippen molar-refractivity contribution in [2.75, 3.05) is 32.2 Å². The summed E-state index contributed by atoms with van der Waals surface area (Å²) >= 11 is 0. The van der Waals surface area contributed by atoms with Gasteiger partial charge in [-0.15, -0.1) is 0 Å². The zero-order chi connectivity index (χ0) is 23.0. The summed E-state index contributed by atoms with van der Waals surface area (Å²) < 4.78 is 16.6. The SMILES string of the molecule is COc1ccc(OC)c(CNC(=O)c2ccc(Oc3nccnc3N3CCCCC3)cc2)c1. The van der Waals surface area contributed by atoms with Gasteiger partial charge in [0.25, 0.3) is 11.8 Å². The first kappa shape index (κ1) is 22.4. The number of amides is 1. The van der Waals surface area contributed by atoms with E-state index < -0.39 is 0 Å². The summed E-state index contributed by atoms with van der Waals surface area (Å²) in [6.45, 7) is 2.22. The van der Waals surface area contributed by atoms with Crippen molar-refractivity contribution in [3.63, 3.8) is 0 Å². The van der Waals surface area contributed by atoms with Crippen molar-refractivity contribution in [3.05, 3.63) is 66.0 Å². The molecule has 1 aliphatic heterocycles.